The van der Waals surface area contributed by atoms with Crippen molar-refractivity contribution in [3.8, 4) is 0 Å². The van der Waals surface area contributed by atoms with Gasteiger partial charge in [-0.05, 0) is 62.3 Å². The molecule has 1 heterocycles. The van der Waals surface area contributed by atoms with Gasteiger partial charge in [-0.15, -0.1) is 0 Å². The van der Waals surface area contributed by atoms with Crippen molar-refractivity contribution in [2.75, 3.05) is 29.9 Å². The fraction of sp³-hybridized carbons (Fsp3) is 0.556. The number of benzene rings is 1. The third-order valence-electron chi connectivity index (χ3n) is 4.87. The molecule has 0 aromatic heterocycles. The molecule has 1 aliphatic heterocycles. The molecule has 21 heavy (non-hydrogen) atoms. The molecule has 3 nitrogen and oxygen atoms in total. The number of hydrogen-bond donors (Lipinski definition) is 2. The number of hydrogen-bond acceptors (Lipinski definition) is 3. The third kappa shape index (κ3) is 3.59. The Morgan fingerprint density at radius 3 is 2.52 bits per heavy atom. The summed E-state index contributed by atoms with van der Waals surface area (Å²) < 4.78 is 0. The van der Waals surface area contributed by atoms with E-state index in [4.69, 9.17) is 5.73 Å². The van der Waals surface area contributed by atoms with Crippen molar-refractivity contribution in [1.82, 2.24) is 0 Å². The number of nitrogens with zero attached hydrogens (tertiary/aromatic N) is 1. The standard InChI is InChI=1S/C18H27N3/c1-14-12-17(21-10-2-3-11-21)8-9-18(14)20-13-15-4-6-16(19)7-5-15/h2-3,8-9,12,15-16,20H,4-7,10-11,13,19H2,1H3/t15-,16-. The van der Waals surface area contributed by atoms with Gasteiger partial charge in [-0.3, -0.25) is 0 Å². The van der Waals surface area contributed by atoms with Gasteiger partial charge in [0.2, 0.25) is 0 Å². The van der Waals surface area contributed by atoms with Crippen LogP contribution in [0.2, 0.25) is 0 Å². The lowest BCUT2D eigenvalue weighted by atomic mass is 9.86. The predicted octanol–water partition coefficient (Wildman–Crippen LogP) is 3.30. The Morgan fingerprint density at radius 1 is 1.14 bits per heavy atom. The Hall–Kier alpha value is -1.48. The average molecular weight is 285 g/mol. The molecule has 3 rings (SSSR count). The molecule has 1 saturated carbocycles. The maximum Gasteiger partial charge on any atom is 0.0376 e. The lowest BCUT2D eigenvalue weighted by Gasteiger charge is -2.27. The highest BCUT2D eigenvalue weighted by Gasteiger charge is 2.18. The van der Waals surface area contributed by atoms with Gasteiger partial charge in [0.1, 0.15) is 0 Å². The number of nitrogens with one attached hydrogen (secondary N) is 1. The Morgan fingerprint density at radius 2 is 1.86 bits per heavy atom. The molecule has 114 valence electrons. The highest BCUT2D eigenvalue weighted by Crippen LogP contribution is 2.26. The van der Waals surface area contributed by atoms with E-state index in [0.717, 1.165) is 25.6 Å². The second kappa shape index (κ2) is 6.52. The summed E-state index contributed by atoms with van der Waals surface area (Å²) in [5.41, 5.74) is 9.92. The maximum atomic E-state index is 5.97. The molecule has 0 saturated heterocycles. The van der Waals surface area contributed by atoms with Crippen molar-refractivity contribution in [1.29, 1.82) is 0 Å². The van der Waals surface area contributed by atoms with Crippen LogP contribution in [0, 0.1) is 12.8 Å². The van der Waals surface area contributed by atoms with E-state index in [1.807, 2.05) is 0 Å². The zero-order chi connectivity index (χ0) is 14.7. The van der Waals surface area contributed by atoms with E-state index in [9.17, 15) is 0 Å². The largest absolute Gasteiger partial charge is 0.385 e. The minimum Gasteiger partial charge on any atom is -0.385 e. The van der Waals surface area contributed by atoms with Gasteiger partial charge in [-0.25, -0.2) is 0 Å². The SMILES string of the molecule is Cc1cc(N2CC=CC2)ccc1NC[C@H]1CC[C@H](N)CC1. The summed E-state index contributed by atoms with van der Waals surface area (Å²) >= 11 is 0. The van der Waals surface area contributed by atoms with Crippen LogP contribution >= 0.6 is 0 Å². The lowest BCUT2D eigenvalue weighted by Crippen LogP contribution is -2.29. The van der Waals surface area contributed by atoms with Gasteiger partial charge in [0, 0.05) is 37.1 Å². The molecule has 1 aliphatic carbocycles. The Labute approximate surface area is 128 Å². The van der Waals surface area contributed by atoms with Gasteiger partial charge >= 0.3 is 0 Å². The summed E-state index contributed by atoms with van der Waals surface area (Å²) in [6.45, 7) is 5.35. The van der Waals surface area contributed by atoms with Crippen LogP contribution in [0.1, 0.15) is 31.2 Å². The topological polar surface area (TPSA) is 41.3 Å². The first kappa shape index (κ1) is 14.5. The number of aryl methyl sites for hydroxylation is 1. The Bertz CT molecular complexity index is 493. The Balaban J connectivity index is 1.56. The third-order valence-corrected chi connectivity index (χ3v) is 4.87. The number of nitrogens with two attached hydrogens (primary N) is 1. The summed E-state index contributed by atoms with van der Waals surface area (Å²) in [6, 6.07) is 7.21. The molecule has 1 aromatic rings. The number of rotatable bonds is 4. The van der Waals surface area contributed by atoms with Gasteiger partial charge in [0.15, 0.2) is 0 Å². The lowest BCUT2D eigenvalue weighted by molar-refractivity contribution is 0.339. The summed E-state index contributed by atoms with van der Waals surface area (Å²) in [4.78, 5) is 2.39. The van der Waals surface area contributed by atoms with Crippen molar-refractivity contribution in [2.24, 2.45) is 11.7 Å². The van der Waals surface area contributed by atoms with Crippen LogP contribution < -0.4 is 16.0 Å². The van der Waals surface area contributed by atoms with Crippen LogP contribution in [0.4, 0.5) is 11.4 Å². The maximum absolute atomic E-state index is 5.97. The highest BCUT2D eigenvalue weighted by molar-refractivity contribution is 5.61. The molecule has 1 aromatic carbocycles. The normalized spacial score (nSPS) is 25.3. The molecule has 0 atom stereocenters. The fourth-order valence-corrected chi connectivity index (χ4v) is 3.38. The van der Waals surface area contributed by atoms with Crippen molar-refractivity contribution in [3.63, 3.8) is 0 Å². The van der Waals surface area contributed by atoms with Crippen molar-refractivity contribution in [3.05, 3.63) is 35.9 Å². The van der Waals surface area contributed by atoms with Crippen LogP contribution in [0.25, 0.3) is 0 Å². The van der Waals surface area contributed by atoms with E-state index in [-0.39, 0.29) is 0 Å². The molecule has 0 bridgehead atoms. The van der Waals surface area contributed by atoms with Gasteiger partial charge in [0.25, 0.3) is 0 Å². The molecular weight excluding hydrogens is 258 g/mol. The van der Waals surface area contributed by atoms with E-state index in [0.29, 0.717) is 6.04 Å². The number of anilines is 2. The molecular formula is C18H27N3. The fourth-order valence-electron chi connectivity index (χ4n) is 3.38. The van der Waals surface area contributed by atoms with E-state index >= 15 is 0 Å². The second-order valence-corrected chi connectivity index (χ2v) is 6.54. The summed E-state index contributed by atoms with van der Waals surface area (Å²) in [7, 11) is 0. The molecule has 0 amide bonds. The van der Waals surface area contributed by atoms with E-state index in [1.54, 1.807) is 0 Å². The van der Waals surface area contributed by atoms with Gasteiger partial charge in [-0.2, -0.15) is 0 Å². The van der Waals surface area contributed by atoms with Gasteiger partial charge < -0.3 is 16.0 Å². The van der Waals surface area contributed by atoms with E-state index < -0.39 is 0 Å². The smallest absolute Gasteiger partial charge is 0.0376 e. The zero-order valence-electron chi connectivity index (χ0n) is 13.0. The van der Waals surface area contributed by atoms with E-state index in [1.165, 1.54) is 42.6 Å². The van der Waals surface area contributed by atoms with Crippen LogP contribution in [0.3, 0.4) is 0 Å². The van der Waals surface area contributed by atoms with Crippen molar-refractivity contribution in [2.45, 2.75) is 38.6 Å². The molecule has 1 fully saturated rings. The zero-order valence-corrected chi connectivity index (χ0v) is 13.0. The van der Waals surface area contributed by atoms with Gasteiger partial charge in [-0.1, -0.05) is 12.2 Å². The van der Waals surface area contributed by atoms with Crippen molar-refractivity contribution >= 4 is 11.4 Å². The first-order valence-electron chi connectivity index (χ1n) is 8.22. The first-order valence-corrected chi connectivity index (χ1v) is 8.22. The van der Waals surface area contributed by atoms with Gasteiger partial charge in [0.05, 0.1) is 0 Å². The minimum absolute atomic E-state index is 0.441. The quantitative estimate of drug-likeness (QED) is 0.834. The van der Waals surface area contributed by atoms with Crippen LogP contribution in [-0.4, -0.2) is 25.7 Å². The second-order valence-electron chi connectivity index (χ2n) is 6.54. The Kier molecular flexibility index (Phi) is 4.49. The molecule has 0 unspecified atom stereocenters. The average Bonchev–Trinajstić information content (AvgIpc) is 3.02. The monoisotopic (exact) mass is 285 g/mol. The van der Waals surface area contributed by atoms with Crippen molar-refractivity contribution < 1.29 is 0 Å². The van der Waals surface area contributed by atoms with E-state index in [2.05, 4.69) is 47.5 Å². The first-order chi connectivity index (χ1) is 10.2. The molecule has 3 N–H and O–H groups in total. The predicted molar refractivity (Wildman–Crippen MR) is 91.0 cm³/mol. The molecule has 2 aliphatic rings. The minimum atomic E-state index is 0.441. The van der Waals surface area contributed by atoms with Crippen LogP contribution in [-0.2, 0) is 0 Å². The van der Waals surface area contributed by atoms with Crippen LogP contribution in [0.5, 0.6) is 0 Å². The summed E-state index contributed by atoms with van der Waals surface area (Å²) in [5, 5.41) is 3.64. The summed E-state index contributed by atoms with van der Waals surface area (Å²) in [5.74, 6) is 0.784. The summed E-state index contributed by atoms with van der Waals surface area (Å²) in [6.07, 6.45) is 9.37. The van der Waals surface area contributed by atoms with Crippen LogP contribution in [0.15, 0.2) is 30.4 Å². The molecule has 0 spiro atoms. The molecule has 3 heteroatoms. The molecule has 0 radical (unpaired) electrons. The highest BCUT2D eigenvalue weighted by atomic mass is 15.1.